The standard InChI is InChI=1S/C21H20F2N2O/c1-12(2)25-21(26)13(3)8-17-18(22)10-16(11-19(17)23)14-4-5-20-15(9-14)6-7-24-20/h4-12,24H,1-3H3,(H,25,26)/b13-8+. The number of nitrogens with one attached hydrogen (secondary N) is 2. The van der Waals surface area contributed by atoms with Gasteiger partial charge < -0.3 is 10.3 Å². The maximum Gasteiger partial charge on any atom is 0.247 e. The van der Waals surface area contributed by atoms with Crippen molar-refractivity contribution in [3.63, 3.8) is 0 Å². The average Bonchev–Trinajstić information content (AvgIpc) is 3.04. The first-order valence-corrected chi connectivity index (χ1v) is 8.41. The lowest BCUT2D eigenvalue weighted by Gasteiger charge is -2.10. The van der Waals surface area contributed by atoms with Crippen molar-refractivity contribution in [2.45, 2.75) is 26.8 Å². The van der Waals surface area contributed by atoms with Crippen LogP contribution in [0.1, 0.15) is 26.3 Å². The second-order valence-electron chi connectivity index (χ2n) is 6.59. The van der Waals surface area contributed by atoms with E-state index in [1.165, 1.54) is 25.1 Å². The molecule has 0 aliphatic heterocycles. The van der Waals surface area contributed by atoms with E-state index in [1.807, 2.05) is 44.3 Å². The van der Waals surface area contributed by atoms with Crippen LogP contribution < -0.4 is 5.32 Å². The Kier molecular flexibility index (Phi) is 4.89. The number of aromatic amines is 1. The highest BCUT2D eigenvalue weighted by atomic mass is 19.1. The van der Waals surface area contributed by atoms with E-state index in [0.29, 0.717) is 5.56 Å². The highest BCUT2D eigenvalue weighted by Gasteiger charge is 2.13. The zero-order valence-electron chi connectivity index (χ0n) is 14.9. The van der Waals surface area contributed by atoms with E-state index in [9.17, 15) is 13.6 Å². The molecule has 0 radical (unpaired) electrons. The summed E-state index contributed by atoms with van der Waals surface area (Å²) >= 11 is 0. The van der Waals surface area contributed by atoms with Crippen LogP contribution in [0.4, 0.5) is 8.78 Å². The number of hydrogen-bond acceptors (Lipinski definition) is 1. The molecule has 0 saturated heterocycles. The van der Waals surface area contributed by atoms with Gasteiger partial charge in [0, 0.05) is 28.9 Å². The van der Waals surface area contributed by atoms with Crippen molar-refractivity contribution in [2.75, 3.05) is 0 Å². The molecule has 0 fully saturated rings. The molecule has 0 saturated carbocycles. The first-order valence-electron chi connectivity index (χ1n) is 8.41. The summed E-state index contributed by atoms with van der Waals surface area (Å²) in [5.74, 6) is -1.75. The van der Waals surface area contributed by atoms with E-state index >= 15 is 0 Å². The van der Waals surface area contributed by atoms with Gasteiger partial charge in [-0.2, -0.15) is 0 Å². The van der Waals surface area contributed by atoms with Crippen LogP contribution in [-0.4, -0.2) is 16.9 Å². The number of amides is 1. The lowest BCUT2D eigenvalue weighted by Crippen LogP contribution is -2.30. The highest BCUT2D eigenvalue weighted by Crippen LogP contribution is 2.28. The minimum absolute atomic E-state index is 0.0498. The number of hydrogen-bond donors (Lipinski definition) is 2. The second kappa shape index (κ2) is 7.12. The number of halogens is 2. The molecule has 0 spiro atoms. The molecule has 3 nitrogen and oxygen atoms in total. The maximum atomic E-state index is 14.5. The number of rotatable bonds is 4. The molecule has 2 aromatic carbocycles. The molecular formula is C21H20F2N2O. The van der Waals surface area contributed by atoms with Crippen LogP contribution in [0.15, 0.2) is 48.2 Å². The third kappa shape index (κ3) is 3.67. The summed E-state index contributed by atoms with van der Waals surface area (Å²) < 4.78 is 29.0. The molecule has 0 aliphatic rings. The molecule has 1 aromatic heterocycles. The quantitative estimate of drug-likeness (QED) is 0.633. The molecular weight excluding hydrogens is 334 g/mol. The first kappa shape index (κ1) is 17.9. The van der Waals surface area contributed by atoms with Crippen molar-refractivity contribution >= 4 is 22.9 Å². The summed E-state index contributed by atoms with van der Waals surface area (Å²) in [6.45, 7) is 5.18. The zero-order chi connectivity index (χ0) is 18.8. The van der Waals surface area contributed by atoms with E-state index in [0.717, 1.165) is 16.5 Å². The van der Waals surface area contributed by atoms with Gasteiger partial charge in [-0.05, 0) is 73.7 Å². The van der Waals surface area contributed by atoms with Crippen molar-refractivity contribution in [3.05, 3.63) is 65.4 Å². The molecule has 2 N–H and O–H groups in total. The average molecular weight is 354 g/mol. The number of benzene rings is 2. The van der Waals surface area contributed by atoms with Crippen LogP contribution in [0, 0.1) is 11.6 Å². The Balaban J connectivity index is 1.96. The Morgan fingerprint density at radius 1 is 1.08 bits per heavy atom. The van der Waals surface area contributed by atoms with E-state index < -0.39 is 11.6 Å². The summed E-state index contributed by atoms with van der Waals surface area (Å²) in [7, 11) is 0. The summed E-state index contributed by atoms with van der Waals surface area (Å²) in [6.07, 6.45) is 3.05. The monoisotopic (exact) mass is 354 g/mol. The molecule has 134 valence electrons. The predicted octanol–water partition coefficient (Wildman–Crippen LogP) is 5.04. The SMILES string of the molecule is C/C(=C\c1c(F)cc(-c2ccc3[nH]ccc3c2)cc1F)C(=O)NC(C)C. The molecule has 3 rings (SSSR count). The Morgan fingerprint density at radius 3 is 2.42 bits per heavy atom. The van der Waals surface area contributed by atoms with Crippen molar-refractivity contribution in [1.82, 2.24) is 10.3 Å². The summed E-state index contributed by atoms with van der Waals surface area (Å²) in [5.41, 5.74) is 2.16. The molecule has 0 bridgehead atoms. The Hall–Kier alpha value is -2.95. The fourth-order valence-electron chi connectivity index (χ4n) is 2.78. The molecule has 0 unspecified atom stereocenters. The third-order valence-electron chi connectivity index (χ3n) is 4.10. The van der Waals surface area contributed by atoms with Crippen molar-refractivity contribution in [1.29, 1.82) is 0 Å². The zero-order valence-corrected chi connectivity index (χ0v) is 14.9. The number of aromatic nitrogens is 1. The van der Waals surface area contributed by atoms with Gasteiger partial charge in [-0.1, -0.05) is 6.07 Å². The molecule has 1 heterocycles. The number of carbonyl (C=O) groups is 1. The Bertz CT molecular complexity index is 979. The van der Waals surface area contributed by atoms with Gasteiger partial charge in [0.05, 0.1) is 0 Å². The fourth-order valence-corrected chi connectivity index (χ4v) is 2.78. The van der Waals surface area contributed by atoms with Gasteiger partial charge in [-0.3, -0.25) is 4.79 Å². The van der Waals surface area contributed by atoms with E-state index in [2.05, 4.69) is 10.3 Å². The summed E-state index contributed by atoms with van der Waals surface area (Å²) in [5, 5.41) is 3.66. The maximum absolute atomic E-state index is 14.5. The van der Waals surface area contributed by atoms with Crippen LogP contribution in [0.3, 0.4) is 0 Å². The summed E-state index contributed by atoms with van der Waals surface area (Å²) in [4.78, 5) is 15.0. The van der Waals surface area contributed by atoms with Crippen LogP contribution in [-0.2, 0) is 4.79 Å². The molecule has 1 amide bonds. The summed E-state index contributed by atoms with van der Waals surface area (Å²) in [6, 6.07) is 9.98. The minimum atomic E-state index is -0.703. The number of fused-ring (bicyclic) bond motifs is 1. The highest BCUT2D eigenvalue weighted by molar-refractivity contribution is 5.97. The van der Waals surface area contributed by atoms with Gasteiger partial charge in [0.25, 0.3) is 0 Å². The molecule has 0 atom stereocenters. The number of carbonyl (C=O) groups excluding carboxylic acids is 1. The molecule has 3 aromatic rings. The largest absolute Gasteiger partial charge is 0.361 e. The van der Waals surface area contributed by atoms with Crippen LogP contribution in [0.2, 0.25) is 0 Å². The normalized spacial score (nSPS) is 12.0. The third-order valence-corrected chi connectivity index (χ3v) is 4.10. The lowest BCUT2D eigenvalue weighted by atomic mass is 10.0. The van der Waals surface area contributed by atoms with E-state index in [1.54, 1.807) is 0 Å². The van der Waals surface area contributed by atoms with Gasteiger partial charge in [0.2, 0.25) is 5.91 Å². The van der Waals surface area contributed by atoms with Gasteiger partial charge in [-0.15, -0.1) is 0 Å². The lowest BCUT2D eigenvalue weighted by molar-refractivity contribution is -0.117. The van der Waals surface area contributed by atoms with Gasteiger partial charge in [0.15, 0.2) is 0 Å². The second-order valence-corrected chi connectivity index (χ2v) is 6.59. The molecule has 5 heteroatoms. The smallest absolute Gasteiger partial charge is 0.247 e. The predicted molar refractivity (Wildman–Crippen MR) is 101 cm³/mol. The molecule has 0 aliphatic carbocycles. The molecule has 26 heavy (non-hydrogen) atoms. The Labute approximate surface area is 150 Å². The van der Waals surface area contributed by atoms with Crippen molar-refractivity contribution in [2.24, 2.45) is 0 Å². The number of H-pyrrole nitrogens is 1. The van der Waals surface area contributed by atoms with Gasteiger partial charge in [0.1, 0.15) is 11.6 Å². The fraction of sp³-hybridized carbons (Fsp3) is 0.190. The van der Waals surface area contributed by atoms with E-state index in [4.69, 9.17) is 0 Å². The van der Waals surface area contributed by atoms with Crippen molar-refractivity contribution < 1.29 is 13.6 Å². The van der Waals surface area contributed by atoms with Crippen molar-refractivity contribution in [3.8, 4) is 11.1 Å². The van der Waals surface area contributed by atoms with Crippen LogP contribution >= 0.6 is 0 Å². The van der Waals surface area contributed by atoms with Crippen LogP contribution in [0.5, 0.6) is 0 Å². The topological polar surface area (TPSA) is 44.9 Å². The van der Waals surface area contributed by atoms with E-state index in [-0.39, 0.29) is 23.1 Å². The van der Waals surface area contributed by atoms with Gasteiger partial charge in [-0.25, -0.2) is 8.78 Å². The minimum Gasteiger partial charge on any atom is -0.361 e. The first-order chi connectivity index (χ1) is 12.3. The Morgan fingerprint density at radius 2 is 1.77 bits per heavy atom. The van der Waals surface area contributed by atoms with Gasteiger partial charge >= 0.3 is 0 Å². The van der Waals surface area contributed by atoms with Crippen LogP contribution in [0.25, 0.3) is 28.1 Å².